The number of hydrogen-bond acceptors (Lipinski definition) is 5. The van der Waals surface area contributed by atoms with E-state index in [1.807, 2.05) is 6.07 Å². The van der Waals surface area contributed by atoms with Gasteiger partial charge in [-0.2, -0.15) is 4.52 Å². The van der Waals surface area contributed by atoms with E-state index in [4.69, 9.17) is 5.11 Å². The van der Waals surface area contributed by atoms with E-state index in [0.717, 1.165) is 25.8 Å². The smallest absolute Gasteiger partial charge is 0.188 e. The molecule has 4 rings (SSSR count). The van der Waals surface area contributed by atoms with Crippen molar-refractivity contribution in [1.29, 1.82) is 0 Å². The Labute approximate surface area is 138 Å². The molecule has 3 aromatic rings. The summed E-state index contributed by atoms with van der Waals surface area (Å²) in [6, 6.07) is 10.1. The Morgan fingerprint density at radius 1 is 1.17 bits per heavy atom. The molecule has 2 heterocycles. The summed E-state index contributed by atoms with van der Waals surface area (Å²) in [6.45, 7) is 0.972. The summed E-state index contributed by atoms with van der Waals surface area (Å²) in [6.07, 6.45) is 3.04. The number of anilines is 1. The molecule has 7 heteroatoms. The van der Waals surface area contributed by atoms with Crippen molar-refractivity contribution in [2.24, 2.45) is 5.41 Å². The van der Waals surface area contributed by atoms with Gasteiger partial charge in [0.15, 0.2) is 11.5 Å². The van der Waals surface area contributed by atoms with E-state index in [1.54, 1.807) is 28.8 Å². The minimum absolute atomic E-state index is 0.187. The molecule has 0 radical (unpaired) electrons. The second-order valence-electron chi connectivity index (χ2n) is 6.32. The molecule has 1 saturated carbocycles. The van der Waals surface area contributed by atoms with Gasteiger partial charge in [0.25, 0.3) is 0 Å². The number of halogens is 1. The molecule has 1 aliphatic carbocycles. The first kappa shape index (κ1) is 15.0. The number of aliphatic hydroxyl groups excluding tert-OH is 1. The van der Waals surface area contributed by atoms with Crippen molar-refractivity contribution in [2.75, 3.05) is 18.5 Å². The molecule has 0 spiro atoms. The van der Waals surface area contributed by atoms with Crippen molar-refractivity contribution in [3.63, 3.8) is 0 Å². The normalized spacial score (nSPS) is 15.6. The summed E-state index contributed by atoms with van der Waals surface area (Å²) in [7, 11) is 0. The SMILES string of the molecule is OCCC1(CNc2ccc3nnc(-c4ccccc4F)n3n2)CC1. The molecule has 6 nitrogen and oxygen atoms in total. The number of fused-ring (bicyclic) bond motifs is 1. The molecule has 0 atom stereocenters. The standard InChI is InChI=1S/C17H18FN5O/c18-13-4-2-1-3-12(13)16-21-20-15-6-5-14(22-23(15)16)19-11-17(7-8-17)9-10-24/h1-6,24H,7-11H2,(H,19,22). The minimum Gasteiger partial charge on any atom is -0.396 e. The topological polar surface area (TPSA) is 75.3 Å². The molecule has 0 unspecified atom stereocenters. The average molecular weight is 327 g/mol. The van der Waals surface area contributed by atoms with Crippen LogP contribution in [-0.2, 0) is 0 Å². The highest BCUT2D eigenvalue weighted by molar-refractivity contribution is 5.60. The Bertz CT molecular complexity index is 874. The molecule has 1 aliphatic rings. The fraction of sp³-hybridized carbons (Fsp3) is 0.353. The number of rotatable bonds is 6. The molecule has 0 amide bonds. The first-order valence-corrected chi connectivity index (χ1v) is 8.03. The van der Waals surface area contributed by atoms with Gasteiger partial charge < -0.3 is 10.4 Å². The van der Waals surface area contributed by atoms with Crippen molar-refractivity contribution >= 4 is 11.5 Å². The van der Waals surface area contributed by atoms with Crippen LogP contribution in [0.1, 0.15) is 19.3 Å². The average Bonchev–Trinajstić information content (AvgIpc) is 3.24. The summed E-state index contributed by atoms with van der Waals surface area (Å²) >= 11 is 0. The number of nitrogens with one attached hydrogen (secondary N) is 1. The zero-order valence-electron chi connectivity index (χ0n) is 13.1. The predicted molar refractivity (Wildman–Crippen MR) is 88.0 cm³/mol. The van der Waals surface area contributed by atoms with Crippen LogP contribution in [0.15, 0.2) is 36.4 Å². The molecule has 2 aromatic heterocycles. The molecule has 24 heavy (non-hydrogen) atoms. The third kappa shape index (κ3) is 2.71. The van der Waals surface area contributed by atoms with Crippen molar-refractivity contribution < 1.29 is 9.50 Å². The van der Waals surface area contributed by atoms with Crippen LogP contribution in [0, 0.1) is 11.2 Å². The zero-order chi connectivity index (χ0) is 16.6. The Hall–Kier alpha value is -2.54. The van der Waals surface area contributed by atoms with Crippen LogP contribution in [0.25, 0.3) is 17.0 Å². The van der Waals surface area contributed by atoms with Gasteiger partial charge in [-0.25, -0.2) is 4.39 Å². The second-order valence-corrected chi connectivity index (χ2v) is 6.32. The molecule has 0 aliphatic heterocycles. The maximum atomic E-state index is 14.0. The third-order valence-electron chi connectivity index (χ3n) is 4.62. The quantitative estimate of drug-likeness (QED) is 0.727. The van der Waals surface area contributed by atoms with Crippen LogP contribution >= 0.6 is 0 Å². The Kier molecular flexibility index (Phi) is 3.65. The first-order valence-electron chi connectivity index (χ1n) is 8.03. The van der Waals surface area contributed by atoms with Crippen molar-refractivity contribution in [3.8, 4) is 11.4 Å². The van der Waals surface area contributed by atoms with Gasteiger partial charge in [-0.15, -0.1) is 15.3 Å². The van der Waals surface area contributed by atoms with E-state index in [9.17, 15) is 4.39 Å². The van der Waals surface area contributed by atoms with E-state index < -0.39 is 0 Å². The fourth-order valence-electron chi connectivity index (χ4n) is 2.90. The highest BCUT2D eigenvalue weighted by Crippen LogP contribution is 2.48. The Morgan fingerprint density at radius 2 is 2.00 bits per heavy atom. The maximum absolute atomic E-state index is 14.0. The van der Waals surface area contributed by atoms with Gasteiger partial charge in [-0.3, -0.25) is 0 Å². The number of aromatic nitrogens is 4. The number of aliphatic hydroxyl groups is 1. The number of hydrogen-bond donors (Lipinski definition) is 2. The van der Waals surface area contributed by atoms with Crippen molar-refractivity contribution in [2.45, 2.75) is 19.3 Å². The summed E-state index contributed by atoms with van der Waals surface area (Å²) in [4.78, 5) is 0. The molecule has 124 valence electrons. The van der Waals surface area contributed by atoms with Crippen LogP contribution in [0.3, 0.4) is 0 Å². The third-order valence-corrected chi connectivity index (χ3v) is 4.62. The van der Waals surface area contributed by atoms with E-state index in [1.165, 1.54) is 6.07 Å². The van der Waals surface area contributed by atoms with Crippen LogP contribution < -0.4 is 5.32 Å². The molecular weight excluding hydrogens is 309 g/mol. The molecule has 1 aromatic carbocycles. The lowest BCUT2D eigenvalue weighted by Gasteiger charge is -2.14. The fourth-order valence-corrected chi connectivity index (χ4v) is 2.90. The van der Waals surface area contributed by atoms with E-state index in [2.05, 4.69) is 20.6 Å². The van der Waals surface area contributed by atoms with Gasteiger partial charge in [0.1, 0.15) is 11.6 Å². The number of benzene rings is 1. The highest BCUT2D eigenvalue weighted by Gasteiger charge is 2.41. The molecule has 2 N–H and O–H groups in total. The summed E-state index contributed by atoms with van der Waals surface area (Å²) < 4.78 is 15.6. The largest absolute Gasteiger partial charge is 0.396 e. The molecular formula is C17H18FN5O. The highest BCUT2D eigenvalue weighted by atomic mass is 19.1. The van der Waals surface area contributed by atoms with Gasteiger partial charge in [0, 0.05) is 13.2 Å². The molecule has 0 bridgehead atoms. The van der Waals surface area contributed by atoms with E-state index in [-0.39, 0.29) is 17.8 Å². The maximum Gasteiger partial charge on any atom is 0.188 e. The predicted octanol–water partition coefficient (Wildman–Crippen LogP) is 2.50. The van der Waals surface area contributed by atoms with Gasteiger partial charge in [-0.05, 0) is 48.9 Å². The second kappa shape index (κ2) is 5.83. The summed E-state index contributed by atoms with van der Waals surface area (Å²) in [5, 5.41) is 25.1. The lowest BCUT2D eigenvalue weighted by atomic mass is 10.0. The van der Waals surface area contributed by atoms with E-state index in [0.29, 0.717) is 22.9 Å². The van der Waals surface area contributed by atoms with Crippen LogP contribution in [0.4, 0.5) is 10.2 Å². The molecule has 1 fully saturated rings. The van der Waals surface area contributed by atoms with Gasteiger partial charge in [0.2, 0.25) is 0 Å². The Balaban J connectivity index is 1.63. The van der Waals surface area contributed by atoms with Crippen molar-refractivity contribution in [1.82, 2.24) is 19.8 Å². The zero-order valence-corrected chi connectivity index (χ0v) is 13.1. The van der Waals surface area contributed by atoms with Gasteiger partial charge in [-0.1, -0.05) is 12.1 Å². The van der Waals surface area contributed by atoms with Crippen LogP contribution in [-0.4, -0.2) is 38.1 Å². The van der Waals surface area contributed by atoms with E-state index >= 15 is 0 Å². The lowest BCUT2D eigenvalue weighted by Crippen LogP contribution is -2.18. The Morgan fingerprint density at radius 3 is 2.75 bits per heavy atom. The first-order chi connectivity index (χ1) is 11.7. The van der Waals surface area contributed by atoms with Crippen LogP contribution in [0.2, 0.25) is 0 Å². The summed E-state index contributed by atoms with van der Waals surface area (Å²) in [5.74, 6) is 0.708. The molecule has 0 saturated heterocycles. The van der Waals surface area contributed by atoms with Crippen molar-refractivity contribution in [3.05, 3.63) is 42.2 Å². The lowest BCUT2D eigenvalue weighted by molar-refractivity contribution is 0.253. The van der Waals surface area contributed by atoms with Gasteiger partial charge in [0.05, 0.1) is 5.56 Å². The monoisotopic (exact) mass is 327 g/mol. The number of nitrogens with zero attached hydrogens (tertiary/aromatic N) is 4. The minimum atomic E-state index is -0.355. The van der Waals surface area contributed by atoms with Gasteiger partial charge >= 0.3 is 0 Å². The van der Waals surface area contributed by atoms with Crippen LogP contribution in [0.5, 0.6) is 0 Å². The summed E-state index contributed by atoms with van der Waals surface area (Å²) in [5.41, 5.74) is 1.12.